The monoisotopic (exact) mass is 260 g/mol. The van der Waals surface area contributed by atoms with E-state index in [-0.39, 0.29) is 11.9 Å². The lowest BCUT2D eigenvalue weighted by Gasteiger charge is -2.23. The Balaban J connectivity index is 2.36. The Bertz CT molecular complexity index is 338. The third-order valence-corrected chi connectivity index (χ3v) is 2.79. The predicted molar refractivity (Wildman–Crippen MR) is 64.6 cm³/mol. The molecule has 7 heteroatoms. The molecule has 2 amide bonds. The van der Waals surface area contributed by atoms with E-state index < -0.39 is 17.8 Å². The quantitative estimate of drug-likeness (QED) is 0.794. The van der Waals surface area contributed by atoms with Gasteiger partial charge in [0.2, 0.25) is 0 Å². The number of nitrogens with zero attached hydrogens (tertiary/aromatic N) is 1. The summed E-state index contributed by atoms with van der Waals surface area (Å²) in [5.74, 6) is 0. The Kier molecular flexibility index (Phi) is 4.28. The highest BCUT2D eigenvalue weighted by molar-refractivity contribution is 8.02. The van der Waals surface area contributed by atoms with E-state index >= 15 is 0 Å². The normalized spacial score (nSPS) is 19.2. The Morgan fingerprint density at radius 1 is 1.53 bits per heavy atom. The molecule has 1 aliphatic rings. The highest BCUT2D eigenvalue weighted by atomic mass is 32.2. The summed E-state index contributed by atoms with van der Waals surface area (Å²) in [5.41, 5.74) is -0.558. The van der Waals surface area contributed by atoms with Gasteiger partial charge in [-0.15, -0.1) is 11.8 Å². The van der Waals surface area contributed by atoms with E-state index in [0.717, 1.165) is 4.90 Å². The first-order valence-electron chi connectivity index (χ1n) is 5.10. The molecule has 0 aromatic carbocycles. The minimum atomic E-state index is -1.04. The molecule has 1 atom stereocenters. The van der Waals surface area contributed by atoms with E-state index in [1.165, 1.54) is 18.0 Å². The van der Waals surface area contributed by atoms with Crippen LogP contribution in [0.3, 0.4) is 0 Å². The Morgan fingerprint density at radius 3 is 2.71 bits per heavy atom. The maximum absolute atomic E-state index is 11.4. The van der Waals surface area contributed by atoms with Gasteiger partial charge in [0.15, 0.2) is 0 Å². The summed E-state index contributed by atoms with van der Waals surface area (Å²) in [6, 6.07) is 0. The SMILES string of the molecule is CC(C)(C)OC(=O)NCC1SC=CN1C(=O)O. The van der Waals surface area contributed by atoms with E-state index in [4.69, 9.17) is 9.84 Å². The molecule has 1 aliphatic heterocycles. The molecule has 1 heterocycles. The molecule has 1 rings (SSSR count). The van der Waals surface area contributed by atoms with Gasteiger partial charge in [-0.25, -0.2) is 9.59 Å². The van der Waals surface area contributed by atoms with E-state index in [2.05, 4.69) is 5.32 Å². The summed E-state index contributed by atoms with van der Waals surface area (Å²) < 4.78 is 5.05. The van der Waals surface area contributed by atoms with Crippen LogP contribution in [0.25, 0.3) is 0 Å². The average Bonchev–Trinajstić information content (AvgIpc) is 2.59. The van der Waals surface area contributed by atoms with Gasteiger partial charge in [-0.1, -0.05) is 0 Å². The van der Waals surface area contributed by atoms with Crippen molar-refractivity contribution < 1.29 is 19.4 Å². The van der Waals surface area contributed by atoms with Crippen LogP contribution in [0.1, 0.15) is 20.8 Å². The zero-order chi connectivity index (χ0) is 13.1. The number of hydrogen-bond donors (Lipinski definition) is 2. The molecular formula is C10H16N2O4S. The molecule has 0 spiro atoms. The van der Waals surface area contributed by atoms with Crippen LogP contribution in [0.5, 0.6) is 0 Å². The average molecular weight is 260 g/mol. The minimum Gasteiger partial charge on any atom is -0.465 e. The maximum atomic E-state index is 11.4. The molecule has 0 aromatic heterocycles. The zero-order valence-electron chi connectivity index (χ0n) is 9.97. The minimum absolute atomic E-state index is 0.207. The van der Waals surface area contributed by atoms with E-state index in [0.29, 0.717) is 0 Å². The van der Waals surface area contributed by atoms with Crippen molar-refractivity contribution in [3.8, 4) is 0 Å². The molecule has 0 fully saturated rings. The Morgan fingerprint density at radius 2 is 2.18 bits per heavy atom. The summed E-state index contributed by atoms with van der Waals surface area (Å²) in [6.45, 7) is 5.50. The van der Waals surface area contributed by atoms with Gasteiger partial charge in [-0.2, -0.15) is 0 Å². The Hall–Kier alpha value is -1.37. The molecular weight excluding hydrogens is 244 g/mol. The molecule has 96 valence electrons. The summed E-state index contributed by atoms with van der Waals surface area (Å²) in [4.78, 5) is 23.3. The second-order valence-corrected chi connectivity index (χ2v) is 5.54. The van der Waals surface area contributed by atoms with Gasteiger partial charge in [0.05, 0.1) is 6.54 Å². The summed E-state index contributed by atoms with van der Waals surface area (Å²) in [6.07, 6.45) is -0.119. The number of rotatable bonds is 2. The number of carbonyl (C=O) groups excluding carboxylic acids is 1. The first kappa shape index (κ1) is 13.7. The molecule has 0 saturated heterocycles. The Labute approximate surface area is 104 Å². The van der Waals surface area contributed by atoms with Crippen molar-refractivity contribution in [1.82, 2.24) is 10.2 Å². The van der Waals surface area contributed by atoms with E-state index in [1.54, 1.807) is 26.2 Å². The first-order chi connectivity index (χ1) is 7.79. The van der Waals surface area contributed by atoms with Gasteiger partial charge in [-0.3, -0.25) is 4.90 Å². The van der Waals surface area contributed by atoms with Gasteiger partial charge in [0.1, 0.15) is 11.0 Å². The van der Waals surface area contributed by atoms with E-state index in [9.17, 15) is 9.59 Å². The van der Waals surface area contributed by atoms with Crippen LogP contribution >= 0.6 is 11.8 Å². The second-order valence-electron chi connectivity index (χ2n) is 4.45. The molecule has 0 radical (unpaired) electrons. The number of carbonyl (C=O) groups is 2. The molecule has 1 unspecified atom stereocenters. The van der Waals surface area contributed by atoms with Crippen molar-refractivity contribution in [3.05, 3.63) is 11.6 Å². The van der Waals surface area contributed by atoms with Crippen LogP contribution in [-0.4, -0.2) is 39.7 Å². The lowest BCUT2D eigenvalue weighted by atomic mass is 10.2. The lowest BCUT2D eigenvalue weighted by Crippen LogP contribution is -2.41. The lowest BCUT2D eigenvalue weighted by molar-refractivity contribution is 0.0521. The number of hydrogen-bond acceptors (Lipinski definition) is 4. The van der Waals surface area contributed by atoms with Crippen molar-refractivity contribution in [2.24, 2.45) is 0 Å². The summed E-state index contributed by atoms with van der Waals surface area (Å²) in [5, 5.41) is 12.7. The van der Waals surface area contributed by atoms with Crippen molar-refractivity contribution >= 4 is 23.9 Å². The highest BCUT2D eigenvalue weighted by Crippen LogP contribution is 2.24. The number of nitrogens with one attached hydrogen (secondary N) is 1. The summed E-state index contributed by atoms with van der Waals surface area (Å²) in [7, 11) is 0. The molecule has 0 saturated carbocycles. The van der Waals surface area contributed by atoms with Crippen LogP contribution in [0.15, 0.2) is 11.6 Å². The number of ether oxygens (including phenoxy) is 1. The fourth-order valence-corrected chi connectivity index (χ4v) is 2.03. The van der Waals surface area contributed by atoms with Gasteiger partial charge in [0, 0.05) is 6.20 Å². The molecule has 0 aliphatic carbocycles. The van der Waals surface area contributed by atoms with Gasteiger partial charge >= 0.3 is 12.2 Å². The standard InChI is InChI=1S/C10H16N2O4S/c1-10(2,3)16-8(13)11-6-7-12(9(14)15)4-5-17-7/h4-5,7H,6H2,1-3H3,(H,11,13)(H,14,15). The maximum Gasteiger partial charge on any atom is 0.412 e. The number of thioether (sulfide) groups is 1. The third-order valence-electron chi connectivity index (χ3n) is 1.81. The van der Waals surface area contributed by atoms with Crippen LogP contribution < -0.4 is 5.32 Å². The molecule has 0 bridgehead atoms. The van der Waals surface area contributed by atoms with Gasteiger partial charge < -0.3 is 15.2 Å². The fourth-order valence-electron chi connectivity index (χ4n) is 1.17. The van der Waals surface area contributed by atoms with Crippen molar-refractivity contribution in [2.45, 2.75) is 31.7 Å². The second kappa shape index (κ2) is 5.31. The van der Waals surface area contributed by atoms with Crippen molar-refractivity contribution in [2.75, 3.05) is 6.54 Å². The van der Waals surface area contributed by atoms with Gasteiger partial charge in [-0.05, 0) is 26.2 Å². The molecule has 0 aromatic rings. The first-order valence-corrected chi connectivity index (χ1v) is 6.04. The third kappa shape index (κ3) is 4.56. The van der Waals surface area contributed by atoms with Crippen molar-refractivity contribution in [3.63, 3.8) is 0 Å². The molecule has 17 heavy (non-hydrogen) atoms. The number of amides is 2. The topological polar surface area (TPSA) is 78.9 Å². The summed E-state index contributed by atoms with van der Waals surface area (Å²) >= 11 is 1.33. The highest BCUT2D eigenvalue weighted by Gasteiger charge is 2.26. The number of carboxylic acid groups (broad SMARTS) is 1. The van der Waals surface area contributed by atoms with Crippen LogP contribution in [0, 0.1) is 0 Å². The molecule has 6 nitrogen and oxygen atoms in total. The van der Waals surface area contributed by atoms with Crippen molar-refractivity contribution in [1.29, 1.82) is 0 Å². The van der Waals surface area contributed by atoms with E-state index in [1.807, 2.05) is 0 Å². The smallest absolute Gasteiger partial charge is 0.412 e. The fraction of sp³-hybridized carbons (Fsp3) is 0.600. The number of alkyl carbamates (subject to hydrolysis) is 1. The zero-order valence-corrected chi connectivity index (χ0v) is 10.8. The molecule has 2 N–H and O–H groups in total. The largest absolute Gasteiger partial charge is 0.465 e. The van der Waals surface area contributed by atoms with Crippen LogP contribution in [0.2, 0.25) is 0 Å². The van der Waals surface area contributed by atoms with Crippen LogP contribution in [-0.2, 0) is 4.74 Å². The van der Waals surface area contributed by atoms with Gasteiger partial charge in [0.25, 0.3) is 0 Å². The van der Waals surface area contributed by atoms with Crippen LogP contribution in [0.4, 0.5) is 9.59 Å². The predicted octanol–water partition coefficient (Wildman–Crippen LogP) is 2.04.